The van der Waals surface area contributed by atoms with Crippen LogP contribution in [0, 0.1) is 0 Å². The van der Waals surface area contributed by atoms with Crippen LogP contribution in [0.15, 0.2) is 6.20 Å². The first-order valence-electron chi connectivity index (χ1n) is 6.59. The van der Waals surface area contributed by atoms with Gasteiger partial charge >= 0.3 is 5.97 Å². The quantitative estimate of drug-likeness (QED) is 0.788. The number of carbonyl (C=O) groups is 1. The van der Waals surface area contributed by atoms with Gasteiger partial charge in [-0.05, 0) is 24.8 Å². The SMILES string of the molecule is CCCc1cn(CCC)c(CCC)c1C(=O)O. The third-order valence-electron chi connectivity index (χ3n) is 2.95. The first-order chi connectivity index (χ1) is 8.15. The highest BCUT2D eigenvalue weighted by Gasteiger charge is 2.19. The van der Waals surface area contributed by atoms with E-state index in [0.717, 1.165) is 49.9 Å². The molecule has 1 heterocycles. The van der Waals surface area contributed by atoms with Gasteiger partial charge in [-0.25, -0.2) is 4.79 Å². The van der Waals surface area contributed by atoms with E-state index in [-0.39, 0.29) is 0 Å². The summed E-state index contributed by atoms with van der Waals surface area (Å²) in [5.41, 5.74) is 2.56. The highest BCUT2D eigenvalue weighted by Crippen LogP contribution is 2.21. The number of aromatic nitrogens is 1. The van der Waals surface area contributed by atoms with Crippen LogP contribution >= 0.6 is 0 Å². The molecule has 1 aromatic rings. The molecule has 0 aliphatic rings. The minimum atomic E-state index is -0.772. The average molecular weight is 237 g/mol. The van der Waals surface area contributed by atoms with E-state index >= 15 is 0 Å². The van der Waals surface area contributed by atoms with Crippen molar-refractivity contribution < 1.29 is 9.90 Å². The fourth-order valence-electron chi connectivity index (χ4n) is 2.33. The van der Waals surface area contributed by atoms with Gasteiger partial charge < -0.3 is 9.67 Å². The van der Waals surface area contributed by atoms with E-state index < -0.39 is 5.97 Å². The zero-order valence-corrected chi connectivity index (χ0v) is 11.1. The van der Waals surface area contributed by atoms with E-state index in [9.17, 15) is 9.90 Å². The Bertz CT molecular complexity index is 380. The van der Waals surface area contributed by atoms with E-state index in [4.69, 9.17) is 0 Å². The van der Waals surface area contributed by atoms with Gasteiger partial charge in [0, 0.05) is 18.4 Å². The summed E-state index contributed by atoms with van der Waals surface area (Å²) in [6, 6.07) is 0. The summed E-state index contributed by atoms with van der Waals surface area (Å²) in [6.45, 7) is 7.21. The summed E-state index contributed by atoms with van der Waals surface area (Å²) >= 11 is 0. The predicted molar refractivity (Wildman–Crippen MR) is 69.7 cm³/mol. The Kier molecular flexibility index (Phi) is 5.26. The highest BCUT2D eigenvalue weighted by molar-refractivity contribution is 5.91. The van der Waals surface area contributed by atoms with Crippen molar-refractivity contribution in [2.75, 3.05) is 0 Å². The Balaban J connectivity index is 3.21. The molecule has 1 aromatic heterocycles. The summed E-state index contributed by atoms with van der Waals surface area (Å²) in [5, 5.41) is 9.37. The zero-order valence-electron chi connectivity index (χ0n) is 11.1. The molecule has 1 rings (SSSR count). The fraction of sp³-hybridized carbons (Fsp3) is 0.643. The molecule has 0 saturated heterocycles. The van der Waals surface area contributed by atoms with Gasteiger partial charge in [-0.15, -0.1) is 0 Å². The van der Waals surface area contributed by atoms with Crippen molar-refractivity contribution in [3.63, 3.8) is 0 Å². The molecule has 0 aliphatic heterocycles. The molecule has 0 atom stereocenters. The number of carboxylic acid groups (broad SMARTS) is 1. The first-order valence-corrected chi connectivity index (χ1v) is 6.59. The van der Waals surface area contributed by atoms with Gasteiger partial charge in [-0.2, -0.15) is 0 Å². The largest absolute Gasteiger partial charge is 0.478 e. The monoisotopic (exact) mass is 237 g/mol. The van der Waals surface area contributed by atoms with Crippen LogP contribution in [0.2, 0.25) is 0 Å². The Labute approximate surface area is 103 Å². The first kappa shape index (κ1) is 13.8. The number of nitrogens with zero attached hydrogens (tertiary/aromatic N) is 1. The molecule has 0 saturated carbocycles. The minimum Gasteiger partial charge on any atom is -0.478 e. The normalized spacial score (nSPS) is 10.8. The van der Waals surface area contributed by atoms with Crippen molar-refractivity contribution in [3.05, 3.63) is 23.0 Å². The Morgan fingerprint density at radius 2 is 1.82 bits per heavy atom. The summed E-state index contributed by atoms with van der Waals surface area (Å²) in [5.74, 6) is -0.772. The van der Waals surface area contributed by atoms with Gasteiger partial charge in [0.15, 0.2) is 0 Å². The van der Waals surface area contributed by atoms with Gasteiger partial charge in [-0.3, -0.25) is 0 Å². The van der Waals surface area contributed by atoms with E-state index in [1.807, 2.05) is 6.20 Å². The van der Waals surface area contributed by atoms with Crippen LogP contribution in [0.5, 0.6) is 0 Å². The molecule has 0 unspecified atom stereocenters. The summed E-state index contributed by atoms with van der Waals surface area (Å²) in [4.78, 5) is 11.4. The number of hydrogen-bond acceptors (Lipinski definition) is 1. The van der Waals surface area contributed by atoms with E-state index in [1.54, 1.807) is 0 Å². The molecule has 0 radical (unpaired) electrons. The number of aryl methyl sites for hydroxylation is 2. The molecule has 0 amide bonds. The number of carboxylic acids is 1. The average Bonchev–Trinajstić information content (AvgIpc) is 2.58. The smallest absolute Gasteiger partial charge is 0.337 e. The lowest BCUT2D eigenvalue weighted by molar-refractivity contribution is 0.0694. The standard InChI is InChI=1S/C14H23NO2/c1-4-7-11-10-15(9-6-3)12(8-5-2)13(11)14(16)17/h10H,4-9H2,1-3H3,(H,16,17). The predicted octanol–water partition coefficient (Wildman–Crippen LogP) is 3.50. The summed E-state index contributed by atoms with van der Waals surface area (Å²) < 4.78 is 2.14. The van der Waals surface area contributed by atoms with Gasteiger partial charge in [0.05, 0.1) is 5.56 Å². The van der Waals surface area contributed by atoms with Gasteiger partial charge in [0.2, 0.25) is 0 Å². The summed E-state index contributed by atoms with van der Waals surface area (Å²) in [6.07, 6.45) is 6.76. The van der Waals surface area contributed by atoms with Crippen LogP contribution in [0.4, 0.5) is 0 Å². The van der Waals surface area contributed by atoms with Gasteiger partial charge in [0.1, 0.15) is 0 Å². The molecule has 0 bridgehead atoms. The number of hydrogen-bond donors (Lipinski definition) is 1. The third-order valence-corrected chi connectivity index (χ3v) is 2.95. The van der Waals surface area contributed by atoms with Crippen LogP contribution in [0.25, 0.3) is 0 Å². The van der Waals surface area contributed by atoms with Crippen LogP contribution in [-0.4, -0.2) is 15.6 Å². The van der Waals surface area contributed by atoms with Crippen molar-refractivity contribution in [2.45, 2.75) is 59.4 Å². The molecule has 3 nitrogen and oxygen atoms in total. The Hall–Kier alpha value is -1.25. The fourth-order valence-corrected chi connectivity index (χ4v) is 2.33. The summed E-state index contributed by atoms with van der Waals surface area (Å²) in [7, 11) is 0. The molecule has 17 heavy (non-hydrogen) atoms. The third kappa shape index (κ3) is 3.11. The molecule has 0 fully saturated rings. The number of aromatic carboxylic acids is 1. The molecular formula is C14H23NO2. The molecular weight excluding hydrogens is 214 g/mol. The van der Waals surface area contributed by atoms with Crippen molar-refractivity contribution in [1.29, 1.82) is 0 Å². The van der Waals surface area contributed by atoms with E-state index in [2.05, 4.69) is 25.3 Å². The van der Waals surface area contributed by atoms with Crippen molar-refractivity contribution in [1.82, 2.24) is 4.57 Å². The van der Waals surface area contributed by atoms with Crippen molar-refractivity contribution in [2.24, 2.45) is 0 Å². The zero-order chi connectivity index (χ0) is 12.8. The second kappa shape index (κ2) is 6.48. The molecule has 1 N–H and O–H groups in total. The Morgan fingerprint density at radius 1 is 1.18 bits per heavy atom. The van der Waals surface area contributed by atoms with Crippen LogP contribution in [-0.2, 0) is 19.4 Å². The van der Waals surface area contributed by atoms with Gasteiger partial charge in [-0.1, -0.05) is 33.6 Å². The van der Waals surface area contributed by atoms with Crippen molar-refractivity contribution in [3.8, 4) is 0 Å². The maximum Gasteiger partial charge on any atom is 0.337 e. The highest BCUT2D eigenvalue weighted by atomic mass is 16.4. The molecule has 0 spiro atoms. The van der Waals surface area contributed by atoms with Crippen molar-refractivity contribution >= 4 is 5.97 Å². The molecule has 0 aromatic carbocycles. The van der Waals surface area contributed by atoms with Gasteiger partial charge in [0.25, 0.3) is 0 Å². The topological polar surface area (TPSA) is 42.2 Å². The van der Waals surface area contributed by atoms with E-state index in [0.29, 0.717) is 5.56 Å². The lowest BCUT2D eigenvalue weighted by Gasteiger charge is -2.07. The second-order valence-electron chi connectivity index (χ2n) is 4.47. The molecule has 3 heteroatoms. The molecule has 96 valence electrons. The number of rotatable bonds is 7. The minimum absolute atomic E-state index is 0.558. The van der Waals surface area contributed by atoms with Crippen LogP contribution in [0.3, 0.4) is 0 Å². The van der Waals surface area contributed by atoms with Crippen LogP contribution in [0.1, 0.15) is 61.6 Å². The maximum atomic E-state index is 11.4. The van der Waals surface area contributed by atoms with Crippen LogP contribution < -0.4 is 0 Å². The lowest BCUT2D eigenvalue weighted by atomic mass is 10.0. The lowest BCUT2D eigenvalue weighted by Crippen LogP contribution is -2.07. The molecule has 0 aliphatic carbocycles. The Morgan fingerprint density at radius 3 is 2.29 bits per heavy atom. The second-order valence-corrected chi connectivity index (χ2v) is 4.47. The van der Waals surface area contributed by atoms with E-state index in [1.165, 1.54) is 0 Å². The maximum absolute atomic E-state index is 11.4.